The number of methoxy groups -OCH3 is 1. The Morgan fingerprint density at radius 1 is 1.00 bits per heavy atom. The maximum Gasteiger partial charge on any atom is 0.300 e. The molecule has 1 atom stereocenters. The molecule has 0 aliphatic carbocycles. The first-order valence-electron chi connectivity index (χ1n) is 10.5. The molecular formula is C26H22N2O6. The molecule has 3 aromatic rings. The quantitative estimate of drug-likeness (QED) is 0.192. The van der Waals surface area contributed by atoms with Crippen molar-refractivity contribution in [2.45, 2.75) is 19.9 Å². The van der Waals surface area contributed by atoms with Gasteiger partial charge in [-0.1, -0.05) is 30.3 Å². The van der Waals surface area contributed by atoms with Gasteiger partial charge in [-0.25, -0.2) is 0 Å². The van der Waals surface area contributed by atoms with E-state index in [1.54, 1.807) is 36.4 Å². The number of non-ortho nitro benzene ring substituents is 1. The summed E-state index contributed by atoms with van der Waals surface area (Å²) in [4.78, 5) is 38.5. The highest BCUT2D eigenvalue weighted by atomic mass is 16.6. The fourth-order valence-corrected chi connectivity index (χ4v) is 4.02. The molecule has 0 saturated carbocycles. The van der Waals surface area contributed by atoms with Crippen molar-refractivity contribution in [1.82, 2.24) is 0 Å². The minimum absolute atomic E-state index is 0.0696. The number of rotatable bonds is 5. The Morgan fingerprint density at radius 2 is 1.74 bits per heavy atom. The molecule has 1 amide bonds. The van der Waals surface area contributed by atoms with Crippen LogP contribution in [-0.2, 0) is 9.59 Å². The van der Waals surface area contributed by atoms with Gasteiger partial charge in [0.25, 0.3) is 17.4 Å². The number of amides is 1. The lowest BCUT2D eigenvalue weighted by atomic mass is 9.94. The summed E-state index contributed by atoms with van der Waals surface area (Å²) in [6.07, 6.45) is 0. The average molecular weight is 458 g/mol. The zero-order valence-corrected chi connectivity index (χ0v) is 18.8. The molecule has 3 aromatic carbocycles. The van der Waals surface area contributed by atoms with Gasteiger partial charge >= 0.3 is 0 Å². The van der Waals surface area contributed by atoms with Crippen molar-refractivity contribution in [1.29, 1.82) is 0 Å². The van der Waals surface area contributed by atoms with E-state index in [4.69, 9.17) is 4.74 Å². The summed E-state index contributed by atoms with van der Waals surface area (Å²) in [6, 6.07) is 16.6. The summed E-state index contributed by atoms with van der Waals surface area (Å²) >= 11 is 0. The van der Waals surface area contributed by atoms with Crippen molar-refractivity contribution in [2.75, 3.05) is 12.0 Å². The third-order valence-electron chi connectivity index (χ3n) is 5.95. The number of aliphatic hydroxyl groups is 1. The predicted octanol–water partition coefficient (Wildman–Crippen LogP) is 4.85. The summed E-state index contributed by atoms with van der Waals surface area (Å²) in [7, 11) is 1.50. The lowest BCUT2D eigenvalue weighted by Gasteiger charge is -2.26. The number of hydrogen-bond donors (Lipinski definition) is 1. The first kappa shape index (κ1) is 22.7. The van der Waals surface area contributed by atoms with Crippen molar-refractivity contribution >= 4 is 28.8 Å². The van der Waals surface area contributed by atoms with E-state index in [1.807, 2.05) is 19.9 Å². The largest absolute Gasteiger partial charge is 0.507 e. The van der Waals surface area contributed by atoms with Gasteiger partial charge in [0.2, 0.25) is 0 Å². The standard InChI is InChI=1S/C26H22N2O6/c1-15-10-11-19(12-16(15)2)27-23(17-6-5-9-21(14-17)34-3)22(25(30)26(27)31)24(29)18-7-4-8-20(13-18)28(32)33/h4-14,23,29H,1-3H3/b24-22-. The molecule has 0 bridgehead atoms. The summed E-state index contributed by atoms with van der Waals surface area (Å²) in [5.74, 6) is -1.65. The van der Waals surface area contributed by atoms with Gasteiger partial charge in [0.15, 0.2) is 0 Å². The number of hydrogen-bond acceptors (Lipinski definition) is 6. The number of nitro groups is 1. The molecule has 0 spiro atoms. The van der Waals surface area contributed by atoms with Crippen LogP contribution in [0.2, 0.25) is 0 Å². The van der Waals surface area contributed by atoms with Gasteiger partial charge in [-0.3, -0.25) is 24.6 Å². The van der Waals surface area contributed by atoms with Gasteiger partial charge in [0, 0.05) is 23.4 Å². The molecule has 34 heavy (non-hydrogen) atoms. The Balaban J connectivity index is 1.97. The smallest absolute Gasteiger partial charge is 0.300 e. The maximum atomic E-state index is 13.3. The van der Waals surface area contributed by atoms with Gasteiger partial charge in [-0.15, -0.1) is 0 Å². The van der Waals surface area contributed by atoms with E-state index in [0.29, 0.717) is 17.0 Å². The maximum absolute atomic E-state index is 13.3. The van der Waals surface area contributed by atoms with Crippen LogP contribution in [-0.4, -0.2) is 28.8 Å². The SMILES string of the molecule is COc1cccc(C2/C(=C(/O)c3cccc([N+](=O)[O-])c3)C(=O)C(=O)N2c2ccc(C)c(C)c2)c1. The van der Waals surface area contributed by atoms with Gasteiger partial charge in [0.1, 0.15) is 11.5 Å². The average Bonchev–Trinajstić information content (AvgIpc) is 3.11. The number of ketones is 1. The van der Waals surface area contributed by atoms with Crippen LogP contribution in [0.25, 0.3) is 5.76 Å². The molecule has 1 N–H and O–H groups in total. The Labute approximate surface area is 195 Å². The number of nitrogens with zero attached hydrogens (tertiary/aromatic N) is 2. The van der Waals surface area contributed by atoms with Gasteiger partial charge in [0.05, 0.1) is 23.6 Å². The van der Waals surface area contributed by atoms with Crippen molar-refractivity contribution in [3.8, 4) is 5.75 Å². The van der Waals surface area contributed by atoms with Gasteiger partial charge in [-0.05, 0) is 54.8 Å². The van der Waals surface area contributed by atoms with Crippen LogP contribution in [0.5, 0.6) is 5.75 Å². The van der Waals surface area contributed by atoms with E-state index in [0.717, 1.165) is 11.1 Å². The number of carbonyl (C=O) groups is 2. The molecule has 1 saturated heterocycles. The number of aliphatic hydroxyl groups excluding tert-OH is 1. The summed E-state index contributed by atoms with van der Waals surface area (Å²) in [5.41, 5.74) is 2.67. The molecule has 0 radical (unpaired) electrons. The Morgan fingerprint density at radius 3 is 2.41 bits per heavy atom. The fourth-order valence-electron chi connectivity index (χ4n) is 4.02. The van der Waals surface area contributed by atoms with Crippen LogP contribution in [0.4, 0.5) is 11.4 Å². The van der Waals surface area contributed by atoms with E-state index in [1.165, 1.54) is 36.3 Å². The van der Waals surface area contributed by atoms with E-state index in [-0.39, 0.29) is 16.8 Å². The van der Waals surface area contributed by atoms with Crippen LogP contribution in [0.15, 0.2) is 72.3 Å². The second kappa shape index (κ2) is 8.82. The highest BCUT2D eigenvalue weighted by Gasteiger charge is 2.47. The van der Waals surface area contributed by atoms with Crippen LogP contribution in [0, 0.1) is 24.0 Å². The van der Waals surface area contributed by atoms with Crippen molar-refractivity contribution < 1.29 is 24.4 Å². The number of anilines is 1. The highest BCUT2D eigenvalue weighted by Crippen LogP contribution is 2.43. The third kappa shape index (κ3) is 3.90. The molecule has 1 heterocycles. The summed E-state index contributed by atoms with van der Waals surface area (Å²) in [6.45, 7) is 3.84. The van der Waals surface area contributed by atoms with Crippen molar-refractivity contribution in [2.24, 2.45) is 0 Å². The number of nitro benzene ring substituents is 1. The van der Waals surface area contributed by atoms with Crippen molar-refractivity contribution in [3.05, 3.63) is 105 Å². The fraction of sp³-hybridized carbons (Fsp3) is 0.154. The number of carbonyl (C=O) groups excluding carboxylic acids is 2. The van der Waals surface area contributed by atoms with Crippen molar-refractivity contribution in [3.63, 3.8) is 0 Å². The molecule has 172 valence electrons. The zero-order chi connectivity index (χ0) is 24.6. The molecule has 4 rings (SSSR count). The lowest BCUT2D eigenvalue weighted by Crippen LogP contribution is -2.29. The minimum atomic E-state index is -0.962. The second-order valence-corrected chi connectivity index (χ2v) is 8.02. The number of ether oxygens (including phenoxy) is 1. The summed E-state index contributed by atoms with van der Waals surface area (Å²) < 4.78 is 5.32. The van der Waals surface area contributed by atoms with Crippen LogP contribution in [0.3, 0.4) is 0 Å². The van der Waals surface area contributed by atoms with Gasteiger partial charge < -0.3 is 9.84 Å². The molecule has 1 aliphatic heterocycles. The Kier molecular flexibility index (Phi) is 5.89. The van der Waals surface area contributed by atoms with E-state index >= 15 is 0 Å². The predicted molar refractivity (Wildman–Crippen MR) is 127 cm³/mol. The van der Waals surface area contributed by atoms with Crippen LogP contribution >= 0.6 is 0 Å². The third-order valence-corrected chi connectivity index (χ3v) is 5.95. The summed E-state index contributed by atoms with van der Waals surface area (Å²) in [5, 5.41) is 22.4. The molecule has 1 unspecified atom stereocenters. The second-order valence-electron chi connectivity index (χ2n) is 8.02. The van der Waals surface area contributed by atoms with Crippen LogP contribution in [0.1, 0.15) is 28.3 Å². The van der Waals surface area contributed by atoms with E-state index < -0.39 is 28.4 Å². The van der Waals surface area contributed by atoms with Crippen LogP contribution < -0.4 is 9.64 Å². The topological polar surface area (TPSA) is 110 Å². The molecule has 8 heteroatoms. The number of benzene rings is 3. The van der Waals surface area contributed by atoms with E-state index in [9.17, 15) is 24.8 Å². The van der Waals surface area contributed by atoms with E-state index in [2.05, 4.69) is 0 Å². The molecule has 0 aromatic heterocycles. The first-order valence-corrected chi connectivity index (χ1v) is 10.5. The monoisotopic (exact) mass is 458 g/mol. The first-order chi connectivity index (χ1) is 16.2. The lowest BCUT2D eigenvalue weighted by molar-refractivity contribution is -0.384. The molecule has 8 nitrogen and oxygen atoms in total. The molecular weight excluding hydrogens is 436 g/mol. The number of Topliss-reactive ketones (excluding diaryl/α,β-unsaturated/α-hetero) is 1. The zero-order valence-electron chi connectivity index (χ0n) is 18.8. The van der Waals surface area contributed by atoms with Gasteiger partial charge in [-0.2, -0.15) is 0 Å². The molecule has 1 fully saturated rings. The molecule has 1 aliphatic rings. The highest BCUT2D eigenvalue weighted by molar-refractivity contribution is 6.51. The minimum Gasteiger partial charge on any atom is -0.507 e. The number of aryl methyl sites for hydroxylation is 2. The normalized spacial score (nSPS) is 17.1. The Hall–Kier alpha value is -4.46. The Bertz CT molecular complexity index is 1360.